The maximum Gasteiger partial charge on any atom is 0.326 e. The molecule has 7 heteroatoms. The highest BCUT2D eigenvalue weighted by atomic mass is 19.2. The summed E-state index contributed by atoms with van der Waals surface area (Å²) in [5, 5.41) is 9.17. The van der Waals surface area contributed by atoms with Crippen molar-refractivity contribution in [3.05, 3.63) is 35.1 Å². The molecule has 1 heterocycles. The molecule has 1 amide bonds. The lowest BCUT2D eigenvalue weighted by molar-refractivity contribution is -0.144. The lowest BCUT2D eigenvalue weighted by atomic mass is 9.92. The van der Waals surface area contributed by atoms with Gasteiger partial charge in [-0.3, -0.25) is 4.79 Å². The number of likely N-dealkylation sites (tertiary alicyclic amines) is 1. The molecule has 1 aliphatic heterocycles. The molecule has 0 spiro atoms. The molecule has 1 aromatic carbocycles. The van der Waals surface area contributed by atoms with Crippen LogP contribution in [0, 0.1) is 23.4 Å². The molecule has 4 nitrogen and oxygen atoms in total. The van der Waals surface area contributed by atoms with Crippen molar-refractivity contribution in [3.8, 4) is 0 Å². The average Bonchev–Trinajstić information content (AvgIpc) is 2.44. The monoisotopic (exact) mass is 301 g/mol. The summed E-state index contributed by atoms with van der Waals surface area (Å²) in [6.45, 7) is 1.99. The number of carbonyl (C=O) groups is 2. The molecule has 0 aliphatic carbocycles. The predicted molar refractivity (Wildman–Crippen MR) is 67.2 cm³/mol. The summed E-state index contributed by atoms with van der Waals surface area (Å²) in [4.78, 5) is 24.5. The van der Waals surface area contributed by atoms with Crippen molar-refractivity contribution in [1.29, 1.82) is 0 Å². The second-order valence-corrected chi connectivity index (χ2v) is 5.21. The fourth-order valence-corrected chi connectivity index (χ4v) is 2.46. The van der Waals surface area contributed by atoms with Gasteiger partial charge in [0.05, 0.1) is 5.56 Å². The quantitative estimate of drug-likeness (QED) is 0.854. The van der Waals surface area contributed by atoms with E-state index in [0.29, 0.717) is 12.5 Å². The third kappa shape index (κ3) is 2.86. The average molecular weight is 301 g/mol. The van der Waals surface area contributed by atoms with Gasteiger partial charge in [0.2, 0.25) is 0 Å². The maximum absolute atomic E-state index is 13.7. The number of rotatable bonds is 2. The van der Waals surface area contributed by atoms with Crippen molar-refractivity contribution in [2.75, 3.05) is 6.54 Å². The van der Waals surface area contributed by atoms with Gasteiger partial charge in [0.25, 0.3) is 5.91 Å². The van der Waals surface area contributed by atoms with Gasteiger partial charge in [-0.15, -0.1) is 0 Å². The molecule has 1 aromatic rings. The highest BCUT2D eigenvalue weighted by Gasteiger charge is 2.36. The van der Waals surface area contributed by atoms with E-state index in [9.17, 15) is 22.8 Å². The summed E-state index contributed by atoms with van der Waals surface area (Å²) in [6, 6.07) is 0.384. The molecular formula is C14H14F3NO3. The number of piperidine rings is 1. The van der Waals surface area contributed by atoms with Crippen LogP contribution in [0.4, 0.5) is 13.2 Å². The van der Waals surface area contributed by atoms with Gasteiger partial charge in [-0.05, 0) is 30.9 Å². The maximum atomic E-state index is 13.7. The number of halogens is 3. The van der Waals surface area contributed by atoms with Crippen LogP contribution in [0.2, 0.25) is 0 Å². The summed E-state index contributed by atoms with van der Waals surface area (Å²) in [6.07, 6.45) is 0.813. The van der Waals surface area contributed by atoms with Gasteiger partial charge in [-0.1, -0.05) is 6.92 Å². The molecule has 0 bridgehead atoms. The second kappa shape index (κ2) is 5.75. The zero-order valence-electron chi connectivity index (χ0n) is 11.3. The van der Waals surface area contributed by atoms with Crippen LogP contribution in [0.3, 0.4) is 0 Å². The smallest absolute Gasteiger partial charge is 0.326 e. The number of amides is 1. The van der Waals surface area contributed by atoms with Crippen molar-refractivity contribution < 1.29 is 27.9 Å². The minimum Gasteiger partial charge on any atom is -0.480 e. The van der Waals surface area contributed by atoms with E-state index in [-0.39, 0.29) is 18.9 Å². The van der Waals surface area contributed by atoms with E-state index in [1.807, 2.05) is 6.92 Å². The van der Waals surface area contributed by atoms with Crippen LogP contribution < -0.4 is 0 Å². The lowest BCUT2D eigenvalue weighted by Crippen LogP contribution is -2.50. The summed E-state index contributed by atoms with van der Waals surface area (Å²) < 4.78 is 39.7. The Morgan fingerprint density at radius 3 is 2.52 bits per heavy atom. The molecule has 114 valence electrons. The van der Waals surface area contributed by atoms with Crippen molar-refractivity contribution in [2.24, 2.45) is 5.92 Å². The largest absolute Gasteiger partial charge is 0.480 e. The van der Waals surface area contributed by atoms with Crippen LogP contribution in [0.5, 0.6) is 0 Å². The first kappa shape index (κ1) is 15.3. The van der Waals surface area contributed by atoms with Gasteiger partial charge < -0.3 is 10.0 Å². The fraction of sp³-hybridized carbons (Fsp3) is 0.429. The molecule has 0 saturated carbocycles. The number of hydrogen-bond donors (Lipinski definition) is 1. The van der Waals surface area contributed by atoms with Crippen LogP contribution in [-0.2, 0) is 4.79 Å². The molecule has 0 radical (unpaired) electrons. The topological polar surface area (TPSA) is 57.6 Å². The zero-order chi connectivity index (χ0) is 15.7. The number of aliphatic carboxylic acids is 1. The molecule has 1 aliphatic rings. The third-order valence-electron chi connectivity index (χ3n) is 3.68. The molecule has 1 saturated heterocycles. The van der Waals surface area contributed by atoms with Crippen molar-refractivity contribution in [1.82, 2.24) is 4.90 Å². The van der Waals surface area contributed by atoms with Crippen LogP contribution in [0.1, 0.15) is 30.1 Å². The van der Waals surface area contributed by atoms with Gasteiger partial charge in [0.1, 0.15) is 6.04 Å². The van der Waals surface area contributed by atoms with Crippen LogP contribution in [0.15, 0.2) is 12.1 Å². The Morgan fingerprint density at radius 2 is 1.90 bits per heavy atom. The summed E-state index contributed by atoms with van der Waals surface area (Å²) in [5.41, 5.74) is -0.658. The highest BCUT2D eigenvalue weighted by Crippen LogP contribution is 2.26. The standard InChI is InChI=1S/C14H14F3NO3/c1-7-4-5-18(10(6-7)14(20)21)13(19)8-2-3-9(15)12(17)11(8)16/h2-3,7,10H,4-6H2,1H3,(H,20,21). The highest BCUT2D eigenvalue weighted by molar-refractivity contribution is 5.97. The van der Waals surface area contributed by atoms with E-state index in [0.717, 1.165) is 11.0 Å². The van der Waals surface area contributed by atoms with Gasteiger partial charge in [-0.2, -0.15) is 0 Å². The molecule has 2 atom stereocenters. The first-order valence-electron chi connectivity index (χ1n) is 6.50. The number of carbonyl (C=O) groups excluding carboxylic acids is 1. The summed E-state index contributed by atoms with van der Waals surface area (Å²) >= 11 is 0. The molecule has 1 fully saturated rings. The Hall–Kier alpha value is -2.05. The zero-order valence-corrected chi connectivity index (χ0v) is 11.3. The Labute approximate surface area is 119 Å². The van der Waals surface area contributed by atoms with Gasteiger partial charge in [0, 0.05) is 6.54 Å². The number of nitrogens with zero attached hydrogens (tertiary/aromatic N) is 1. The van der Waals surface area contributed by atoms with E-state index in [1.54, 1.807) is 0 Å². The Bertz CT molecular complexity index is 591. The normalized spacial score (nSPS) is 22.2. The Kier molecular flexibility index (Phi) is 4.20. The SMILES string of the molecule is CC1CCN(C(=O)c2ccc(F)c(F)c2F)C(C(=O)O)C1. The summed E-state index contributed by atoms with van der Waals surface area (Å²) in [5.74, 6) is -6.75. The number of carboxylic acids is 1. The van der Waals surface area contributed by atoms with E-state index in [2.05, 4.69) is 0 Å². The van der Waals surface area contributed by atoms with Crippen LogP contribution in [0.25, 0.3) is 0 Å². The lowest BCUT2D eigenvalue weighted by Gasteiger charge is -2.36. The molecule has 2 rings (SSSR count). The number of carboxylic acid groups (broad SMARTS) is 1. The molecule has 0 aromatic heterocycles. The second-order valence-electron chi connectivity index (χ2n) is 5.21. The van der Waals surface area contributed by atoms with Gasteiger partial charge in [0.15, 0.2) is 17.5 Å². The van der Waals surface area contributed by atoms with E-state index in [1.165, 1.54) is 0 Å². The summed E-state index contributed by atoms with van der Waals surface area (Å²) in [7, 11) is 0. The van der Waals surface area contributed by atoms with Crippen molar-refractivity contribution >= 4 is 11.9 Å². The van der Waals surface area contributed by atoms with Gasteiger partial charge >= 0.3 is 5.97 Å². The molecule has 2 unspecified atom stereocenters. The number of benzene rings is 1. The number of hydrogen-bond acceptors (Lipinski definition) is 2. The minimum absolute atomic E-state index is 0.116. The minimum atomic E-state index is -1.74. The first-order chi connectivity index (χ1) is 9.82. The van der Waals surface area contributed by atoms with E-state index >= 15 is 0 Å². The van der Waals surface area contributed by atoms with Crippen molar-refractivity contribution in [2.45, 2.75) is 25.8 Å². The third-order valence-corrected chi connectivity index (χ3v) is 3.68. The fourth-order valence-electron chi connectivity index (χ4n) is 2.46. The van der Waals surface area contributed by atoms with Crippen LogP contribution >= 0.6 is 0 Å². The molecule has 1 N–H and O–H groups in total. The molecular weight excluding hydrogens is 287 g/mol. The Balaban J connectivity index is 2.34. The van der Waals surface area contributed by atoms with E-state index in [4.69, 9.17) is 5.11 Å². The Morgan fingerprint density at radius 1 is 1.24 bits per heavy atom. The molecule has 21 heavy (non-hydrogen) atoms. The van der Waals surface area contributed by atoms with Gasteiger partial charge in [-0.25, -0.2) is 18.0 Å². The van der Waals surface area contributed by atoms with Crippen LogP contribution in [-0.4, -0.2) is 34.5 Å². The predicted octanol–water partition coefficient (Wildman–Crippen LogP) is 2.43. The van der Waals surface area contributed by atoms with Crippen molar-refractivity contribution in [3.63, 3.8) is 0 Å². The van der Waals surface area contributed by atoms with E-state index < -0.39 is 40.9 Å². The first-order valence-corrected chi connectivity index (χ1v) is 6.50.